The van der Waals surface area contributed by atoms with Crippen molar-refractivity contribution in [1.29, 1.82) is 0 Å². The molecule has 0 saturated heterocycles. The van der Waals surface area contributed by atoms with E-state index in [2.05, 4.69) is 12.2 Å². The fourth-order valence-corrected chi connectivity index (χ4v) is 4.14. The smallest absolute Gasteiger partial charge is 0.275 e. The monoisotopic (exact) mass is 358 g/mol. The molecule has 1 aromatic rings. The molecule has 1 aliphatic carbocycles. The van der Waals surface area contributed by atoms with Crippen molar-refractivity contribution in [3.8, 4) is 0 Å². The van der Waals surface area contributed by atoms with Gasteiger partial charge < -0.3 is 5.32 Å². The first-order valence-corrected chi connectivity index (χ1v) is 8.98. The maximum absolute atomic E-state index is 13.8. The molecule has 0 bridgehead atoms. The van der Waals surface area contributed by atoms with Gasteiger partial charge in [0.05, 0.1) is 23.5 Å². The predicted octanol–water partition coefficient (Wildman–Crippen LogP) is 3.60. The largest absolute Gasteiger partial charge is 0.353 e. The summed E-state index contributed by atoms with van der Waals surface area (Å²) in [6.45, 7) is 2.09. The number of carbonyl (C=O) groups is 1. The van der Waals surface area contributed by atoms with Crippen LogP contribution in [0.2, 0.25) is 0 Å². The average Bonchev–Trinajstić information content (AvgIpc) is 2.51. The fraction of sp³-hybridized carbons (Fsp3) is 0.562. The fourth-order valence-electron chi connectivity index (χ4n) is 2.97. The predicted molar refractivity (Wildman–Crippen MR) is 89.0 cm³/mol. The van der Waals surface area contributed by atoms with Crippen LogP contribution in [0.15, 0.2) is 12.1 Å². The van der Waals surface area contributed by atoms with E-state index in [0.717, 1.165) is 31.4 Å². The molecule has 8 heteroatoms. The molecule has 1 amide bonds. The van der Waals surface area contributed by atoms with Crippen LogP contribution in [0, 0.1) is 21.7 Å². The Bertz CT molecular complexity index is 602. The lowest BCUT2D eigenvalue weighted by Gasteiger charge is -2.29. The molecule has 0 heterocycles. The van der Waals surface area contributed by atoms with Crippen molar-refractivity contribution in [2.45, 2.75) is 50.3 Å². The van der Waals surface area contributed by atoms with Crippen LogP contribution in [-0.4, -0.2) is 27.9 Å². The molecule has 1 N–H and O–H groups in total. The normalized spacial score (nSPS) is 20.6. The summed E-state index contributed by atoms with van der Waals surface area (Å²) in [5.74, 6) is -1.58. The lowest BCUT2D eigenvalue weighted by molar-refractivity contribution is -0.385. The summed E-state index contributed by atoms with van der Waals surface area (Å²) in [5.41, 5.74) is -1.10. The van der Waals surface area contributed by atoms with Crippen molar-refractivity contribution in [3.63, 3.8) is 0 Å². The molecular weight excluding hydrogens is 338 g/mol. The molecule has 1 aromatic carbocycles. The molecule has 1 saturated carbocycles. The highest BCUT2D eigenvalue weighted by atomic mass is 32.2. The van der Waals surface area contributed by atoms with E-state index in [4.69, 9.17) is 0 Å². The number of thioether (sulfide) groups is 1. The number of nitro benzene ring substituents is 1. The van der Waals surface area contributed by atoms with Gasteiger partial charge in [-0.25, -0.2) is 8.78 Å². The third kappa shape index (κ3) is 4.90. The maximum Gasteiger partial charge on any atom is 0.275 e. The van der Waals surface area contributed by atoms with Gasteiger partial charge in [0.2, 0.25) is 5.91 Å². The Morgan fingerprint density at radius 3 is 2.62 bits per heavy atom. The Balaban J connectivity index is 1.98. The zero-order valence-corrected chi connectivity index (χ0v) is 14.2. The second-order valence-electron chi connectivity index (χ2n) is 5.83. The minimum atomic E-state index is -1.07. The number of non-ortho nitro benzene ring substituents is 1. The van der Waals surface area contributed by atoms with Crippen LogP contribution in [-0.2, 0) is 11.2 Å². The first kappa shape index (κ1) is 18.6. The molecule has 0 aromatic heterocycles. The molecule has 132 valence electrons. The SMILES string of the molecule is CCS[C@@H]1CCC[C@H](NC(=O)Cc2c(F)cc([N+](=O)[O-])cc2F)C1. The highest BCUT2D eigenvalue weighted by Gasteiger charge is 2.24. The molecule has 1 aliphatic rings. The van der Waals surface area contributed by atoms with Gasteiger partial charge in [0.25, 0.3) is 5.69 Å². The van der Waals surface area contributed by atoms with Gasteiger partial charge in [0.15, 0.2) is 0 Å². The summed E-state index contributed by atoms with van der Waals surface area (Å²) in [5, 5.41) is 13.9. The number of nitrogens with one attached hydrogen (secondary N) is 1. The van der Waals surface area contributed by atoms with Crippen LogP contribution in [0.25, 0.3) is 0 Å². The number of benzene rings is 1. The Morgan fingerprint density at radius 2 is 2.04 bits per heavy atom. The quantitative estimate of drug-likeness (QED) is 0.623. The van der Waals surface area contributed by atoms with Gasteiger partial charge in [0, 0.05) is 16.9 Å². The number of rotatable bonds is 6. The zero-order valence-electron chi connectivity index (χ0n) is 13.4. The minimum absolute atomic E-state index is 0.0134. The van der Waals surface area contributed by atoms with Crippen LogP contribution in [0.5, 0.6) is 0 Å². The summed E-state index contributed by atoms with van der Waals surface area (Å²) in [4.78, 5) is 21.8. The molecule has 5 nitrogen and oxygen atoms in total. The number of nitro groups is 1. The van der Waals surface area contributed by atoms with Crippen LogP contribution in [0.3, 0.4) is 0 Å². The van der Waals surface area contributed by atoms with Gasteiger partial charge >= 0.3 is 0 Å². The van der Waals surface area contributed by atoms with Gasteiger partial charge in [-0.1, -0.05) is 13.3 Å². The van der Waals surface area contributed by atoms with Crippen molar-refractivity contribution >= 4 is 23.4 Å². The Hall–Kier alpha value is -1.70. The van der Waals surface area contributed by atoms with E-state index < -0.39 is 40.1 Å². The van der Waals surface area contributed by atoms with Crippen molar-refractivity contribution in [3.05, 3.63) is 39.4 Å². The third-order valence-corrected chi connectivity index (χ3v) is 5.30. The second kappa shape index (κ2) is 8.41. The van der Waals surface area contributed by atoms with Gasteiger partial charge in [-0.2, -0.15) is 11.8 Å². The van der Waals surface area contributed by atoms with Crippen LogP contribution < -0.4 is 5.32 Å². The lowest BCUT2D eigenvalue weighted by Crippen LogP contribution is -2.40. The molecule has 24 heavy (non-hydrogen) atoms. The summed E-state index contributed by atoms with van der Waals surface area (Å²) in [7, 11) is 0. The third-order valence-electron chi connectivity index (χ3n) is 4.07. The van der Waals surface area contributed by atoms with Gasteiger partial charge in [-0.05, 0) is 25.0 Å². The van der Waals surface area contributed by atoms with Crippen molar-refractivity contribution in [2.75, 3.05) is 5.75 Å². The van der Waals surface area contributed by atoms with Crippen molar-refractivity contribution in [2.24, 2.45) is 0 Å². The molecular formula is C16H20F2N2O3S. The molecule has 0 radical (unpaired) electrons. The van der Waals surface area contributed by atoms with E-state index in [1.54, 1.807) is 0 Å². The minimum Gasteiger partial charge on any atom is -0.353 e. The molecule has 2 rings (SSSR count). The van der Waals surface area contributed by atoms with Gasteiger partial charge in [0.1, 0.15) is 11.6 Å². The van der Waals surface area contributed by atoms with Crippen molar-refractivity contribution in [1.82, 2.24) is 5.32 Å². The highest BCUT2D eigenvalue weighted by Crippen LogP contribution is 2.28. The van der Waals surface area contributed by atoms with Crippen molar-refractivity contribution < 1.29 is 18.5 Å². The van der Waals surface area contributed by atoms with E-state index in [9.17, 15) is 23.7 Å². The Labute approximate surface area is 143 Å². The highest BCUT2D eigenvalue weighted by molar-refractivity contribution is 7.99. The standard InChI is InChI=1S/C16H20F2N2O3S/c1-2-24-12-5-3-4-10(6-12)19-16(21)9-13-14(17)7-11(20(22)23)8-15(13)18/h7-8,10,12H,2-6,9H2,1H3,(H,19,21)/t10-,12+/m0/s1. The van der Waals surface area contributed by atoms with Crippen LogP contribution >= 0.6 is 11.8 Å². The Morgan fingerprint density at radius 1 is 1.38 bits per heavy atom. The first-order valence-electron chi connectivity index (χ1n) is 7.94. The number of hydrogen-bond donors (Lipinski definition) is 1. The number of carbonyl (C=O) groups excluding carboxylic acids is 1. The zero-order chi connectivity index (χ0) is 17.7. The maximum atomic E-state index is 13.8. The van der Waals surface area contributed by atoms with E-state index in [0.29, 0.717) is 17.4 Å². The second-order valence-corrected chi connectivity index (χ2v) is 7.41. The van der Waals surface area contributed by atoms with E-state index in [-0.39, 0.29) is 6.04 Å². The van der Waals surface area contributed by atoms with E-state index >= 15 is 0 Å². The molecule has 0 unspecified atom stereocenters. The van der Waals surface area contributed by atoms with Gasteiger partial charge in [-0.3, -0.25) is 14.9 Å². The van der Waals surface area contributed by atoms with E-state index in [1.165, 1.54) is 0 Å². The number of nitrogens with zero attached hydrogens (tertiary/aromatic N) is 1. The number of halogens is 2. The number of hydrogen-bond acceptors (Lipinski definition) is 4. The molecule has 0 aliphatic heterocycles. The topological polar surface area (TPSA) is 72.2 Å². The summed E-state index contributed by atoms with van der Waals surface area (Å²) in [6.07, 6.45) is 3.39. The van der Waals surface area contributed by atoms with Gasteiger partial charge in [-0.15, -0.1) is 0 Å². The first-order chi connectivity index (χ1) is 11.4. The summed E-state index contributed by atoms with van der Waals surface area (Å²) >= 11 is 1.86. The average molecular weight is 358 g/mol. The van der Waals surface area contributed by atoms with Crippen LogP contribution in [0.4, 0.5) is 14.5 Å². The van der Waals surface area contributed by atoms with Crippen LogP contribution in [0.1, 0.15) is 38.2 Å². The summed E-state index contributed by atoms with van der Waals surface area (Å²) < 4.78 is 27.7. The molecule has 1 fully saturated rings. The molecule has 0 spiro atoms. The summed E-state index contributed by atoms with van der Waals surface area (Å²) in [6, 6.07) is 1.29. The Kier molecular flexibility index (Phi) is 6.53. The number of amides is 1. The lowest BCUT2D eigenvalue weighted by atomic mass is 9.94. The molecule has 2 atom stereocenters. The van der Waals surface area contributed by atoms with E-state index in [1.807, 2.05) is 11.8 Å².